The van der Waals surface area contributed by atoms with Gasteiger partial charge in [0.05, 0.1) is 22.3 Å². The first-order chi connectivity index (χ1) is 22.7. The number of anilines is 1. The quantitative estimate of drug-likeness (QED) is 0.121. The number of ether oxygens (including phenoxy) is 1. The highest BCUT2D eigenvalue weighted by molar-refractivity contribution is 6.00. The standard InChI is InChI=1S/C37H45N5O5/c1-4-27(5-2)39-37(46)40-28-12-14-29(15-13-28)47-33-18-16-30(35(38)43)34(24(33)3)42-23-26(10-9-21-41-19-7-6-8-20-41)31-22-25(36(44)45)11-17-32(31)42/h11-18,22-23,27H,4-10,19-21H2,1-3H3,(H2,38,43)(H,44,45)(H2,39,40,46). The van der Waals surface area contributed by atoms with Gasteiger partial charge < -0.3 is 35.7 Å². The van der Waals surface area contributed by atoms with E-state index in [-0.39, 0.29) is 17.6 Å². The van der Waals surface area contributed by atoms with Gasteiger partial charge in [0, 0.05) is 28.9 Å². The number of amides is 3. The highest BCUT2D eigenvalue weighted by Crippen LogP contribution is 2.36. The van der Waals surface area contributed by atoms with Gasteiger partial charge in [-0.05, 0) is 125 Å². The van der Waals surface area contributed by atoms with Crippen LogP contribution in [0.25, 0.3) is 16.6 Å². The van der Waals surface area contributed by atoms with Crippen molar-refractivity contribution in [2.45, 2.75) is 71.8 Å². The van der Waals surface area contributed by atoms with Gasteiger partial charge in [0.15, 0.2) is 0 Å². The molecule has 4 aromatic rings. The number of nitrogens with one attached hydrogen (secondary N) is 2. The summed E-state index contributed by atoms with van der Waals surface area (Å²) in [4.78, 5) is 39.5. The Morgan fingerprint density at radius 2 is 1.70 bits per heavy atom. The molecule has 248 valence electrons. The number of rotatable bonds is 13. The van der Waals surface area contributed by atoms with Gasteiger partial charge >= 0.3 is 12.0 Å². The number of aryl methyl sites for hydroxylation is 1. The fourth-order valence-corrected chi connectivity index (χ4v) is 6.37. The Balaban J connectivity index is 1.45. The molecule has 0 spiro atoms. The maximum atomic E-state index is 12.7. The molecule has 0 radical (unpaired) electrons. The van der Waals surface area contributed by atoms with E-state index >= 15 is 0 Å². The van der Waals surface area contributed by atoms with Crippen molar-refractivity contribution in [1.29, 1.82) is 0 Å². The van der Waals surface area contributed by atoms with Crippen LogP contribution >= 0.6 is 0 Å². The molecule has 2 heterocycles. The van der Waals surface area contributed by atoms with Crippen molar-refractivity contribution in [1.82, 2.24) is 14.8 Å². The van der Waals surface area contributed by atoms with Crippen LogP contribution in [0.2, 0.25) is 0 Å². The van der Waals surface area contributed by atoms with E-state index in [1.165, 1.54) is 19.3 Å². The van der Waals surface area contributed by atoms with E-state index in [0.29, 0.717) is 34.0 Å². The van der Waals surface area contributed by atoms with E-state index in [2.05, 4.69) is 15.5 Å². The van der Waals surface area contributed by atoms with Crippen LogP contribution in [-0.2, 0) is 6.42 Å². The molecule has 0 atom stereocenters. The summed E-state index contributed by atoms with van der Waals surface area (Å²) in [6.07, 6.45) is 9.15. The molecule has 1 fully saturated rings. The number of benzene rings is 3. The Kier molecular flexibility index (Phi) is 10.8. The zero-order chi connectivity index (χ0) is 33.5. The molecule has 10 nitrogen and oxygen atoms in total. The van der Waals surface area contributed by atoms with E-state index in [0.717, 1.165) is 61.8 Å². The molecule has 1 aromatic heterocycles. The second-order valence-electron chi connectivity index (χ2n) is 12.3. The highest BCUT2D eigenvalue weighted by Gasteiger charge is 2.21. The number of likely N-dealkylation sites (tertiary alicyclic amines) is 1. The Hall–Kier alpha value is -4.83. The van der Waals surface area contributed by atoms with Crippen molar-refractivity contribution in [2.24, 2.45) is 5.73 Å². The number of hydrogen-bond donors (Lipinski definition) is 4. The Morgan fingerprint density at radius 1 is 0.979 bits per heavy atom. The van der Waals surface area contributed by atoms with E-state index in [1.807, 2.05) is 31.5 Å². The Labute approximate surface area is 275 Å². The molecular formula is C37H45N5O5. The van der Waals surface area contributed by atoms with Gasteiger partial charge in [-0.3, -0.25) is 4.79 Å². The van der Waals surface area contributed by atoms with Crippen molar-refractivity contribution in [2.75, 3.05) is 25.0 Å². The van der Waals surface area contributed by atoms with Crippen LogP contribution in [0.4, 0.5) is 10.5 Å². The van der Waals surface area contributed by atoms with Crippen molar-refractivity contribution in [3.05, 3.63) is 83.0 Å². The molecule has 3 amide bonds. The number of carbonyl (C=O) groups is 3. The average Bonchev–Trinajstić information content (AvgIpc) is 3.42. The highest BCUT2D eigenvalue weighted by atomic mass is 16.5. The number of carboxylic acids is 1. The molecule has 1 aliphatic rings. The van der Waals surface area contributed by atoms with Crippen LogP contribution < -0.4 is 21.1 Å². The average molecular weight is 640 g/mol. The van der Waals surface area contributed by atoms with Gasteiger partial charge in [0.2, 0.25) is 0 Å². The molecule has 1 aliphatic heterocycles. The van der Waals surface area contributed by atoms with Crippen LogP contribution in [0.5, 0.6) is 11.5 Å². The molecule has 5 N–H and O–H groups in total. The minimum Gasteiger partial charge on any atom is -0.478 e. The summed E-state index contributed by atoms with van der Waals surface area (Å²) >= 11 is 0. The van der Waals surface area contributed by atoms with Gasteiger partial charge in [0.25, 0.3) is 5.91 Å². The van der Waals surface area contributed by atoms with Crippen molar-refractivity contribution >= 4 is 34.5 Å². The maximum absolute atomic E-state index is 12.7. The van der Waals surface area contributed by atoms with Gasteiger partial charge in [-0.2, -0.15) is 0 Å². The monoisotopic (exact) mass is 639 g/mol. The predicted octanol–water partition coefficient (Wildman–Crippen LogP) is 7.26. The molecule has 1 saturated heterocycles. The number of aromatic carboxylic acids is 1. The molecule has 0 saturated carbocycles. The molecular weight excluding hydrogens is 594 g/mol. The van der Waals surface area contributed by atoms with Crippen LogP contribution in [-0.4, -0.2) is 58.2 Å². The number of carbonyl (C=O) groups excluding carboxylic acids is 2. The zero-order valence-corrected chi connectivity index (χ0v) is 27.5. The van der Waals surface area contributed by atoms with E-state index in [9.17, 15) is 19.5 Å². The molecule has 0 bridgehead atoms. The number of aromatic nitrogens is 1. The summed E-state index contributed by atoms with van der Waals surface area (Å²) in [6, 6.07) is 15.4. The molecule has 0 aliphatic carbocycles. The SMILES string of the molecule is CCC(CC)NC(=O)Nc1ccc(Oc2ccc(C(N)=O)c(-n3cc(CCCN4CCCCC4)c4cc(C(=O)O)ccc43)c2C)cc1. The lowest BCUT2D eigenvalue weighted by Gasteiger charge is -2.26. The van der Waals surface area contributed by atoms with Crippen molar-refractivity contribution < 1.29 is 24.2 Å². The summed E-state index contributed by atoms with van der Waals surface area (Å²) in [6.45, 7) is 9.17. The fourth-order valence-electron chi connectivity index (χ4n) is 6.37. The van der Waals surface area contributed by atoms with Crippen LogP contribution in [0, 0.1) is 6.92 Å². The van der Waals surface area contributed by atoms with Crippen LogP contribution in [0.15, 0.2) is 60.8 Å². The topological polar surface area (TPSA) is 139 Å². The number of carboxylic acid groups (broad SMARTS) is 1. The fraction of sp³-hybridized carbons (Fsp3) is 0.378. The summed E-state index contributed by atoms with van der Waals surface area (Å²) < 4.78 is 8.23. The number of nitrogens with two attached hydrogens (primary N) is 1. The third kappa shape index (κ3) is 7.94. The van der Waals surface area contributed by atoms with Crippen molar-refractivity contribution in [3.63, 3.8) is 0 Å². The summed E-state index contributed by atoms with van der Waals surface area (Å²) in [7, 11) is 0. The molecule has 5 rings (SSSR count). The lowest BCUT2D eigenvalue weighted by atomic mass is 10.0. The van der Waals surface area contributed by atoms with E-state index in [1.54, 1.807) is 54.6 Å². The second kappa shape index (κ2) is 15.2. The molecule has 0 unspecified atom stereocenters. The van der Waals surface area contributed by atoms with Gasteiger partial charge in [-0.25, -0.2) is 9.59 Å². The van der Waals surface area contributed by atoms with Crippen LogP contribution in [0.3, 0.4) is 0 Å². The van der Waals surface area contributed by atoms with Crippen molar-refractivity contribution in [3.8, 4) is 17.2 Å². The van der Waals surface area contributed by atoms with E-state index < -0.39 is 11.9 Å². The number of primary amides is 1. The minimum absolute atomic E-state index is 0.116. The lowest BCUT2D eigenvalue weighted by Crippen LogP contribution is -2.37. The Bertz CT molecular complexity index is 1740. The first kappa shape index (κ1) is 33.5. The lowest BCUT2D eigenvalue weighted by molar-refractivity contribution is 0.0696. The first-order valence-electron chi connectivity index (χ1n) is 16.6. The predicted molar refractivity (Wildman–Crippen MR) is 185 cm³/mol. The number of hydrogen-bond acceptors (Lipinski definition) is 5. The van der Waals surface area contributed by atoms with Gasteiger partial charge in [-0.1, -0.05) is 20.3 Å². The molecule has 47 heavy (non-hydrogen) atoms. The number of piperidine rings is 1. The normalized spacial score (nSPS) is 13.5. The number of urea groups is 1. The number of nitrogens with zero attached hydrogens (tertiary/aromatic N) is 2. The van der Waals surface area contributed by atoms with E-state index in [4.69, 9.17) is 10.5 Å². The van der Waals surface area contributed by atoms with Gasteiger partial charge in [-0.15, -0.1) is 0 Å². The van der Waals surface area contributed by atoms with Gasteiger partial charge in [0.1, 0.15) is 11.5 Å². The second-order valence-corrected chi connectivity index (χ2v) is 12.3. The molecule has 3 aromatic carbocycles. The minimum atomic E-state index is -0.990. The van der Waals surface area contributed by atoms with Crippen LogP contribution in [0.1, 0.15) is 84.2 Å². The maximum Gasteiger partial charge on any atom is 0.335 e. The number of fused-ring (bicyclic) bond motifs is 1. The largest absolute Gasteiger partial charge is 0.478 e. The third-order valence-corrected chi connectivity index (χ3v) is 9.05. The Morgan fingerprint density at radius 3 is 2.36 bits per heavy atom. The smallest absolute Gasteiger partial charge is 0.335 e. The zero-order valence-electron chi connectivity index (χ0n) is 27.5. The summed E-state index contributed by atoms with van der Waals surface area (Å²) in [5.41, 5.74) is 10.1. The first-order valence-corrected chi connectivity index (χ1v) is 16.6. The third-order valence-electron chi connectivity index (χ3n) is 9.05. The molecule has 10 heteroatoms. The summed E-state index contributed by atoms with van der Waals surface area (Å²) in [5.74, 6) is -0.477. The summed E-state index contributed by atoms with van der Waals surface area (Å²) in [5, 5.41) is 16.4.